The molecule has 3 rings (SSSR count). The van der Waals surface area contributed by atoms with E-state index in [-0.39, 0.29) is 12.1 Å². The third kappa shape index (κ3) is 4.17. The number of nitro groups is 1. The fourth-order valence-electron chi connectivity index (χ4n) is 2.74. The third-order valence-corrected chi connectivity index (χ3v) is 4.40. The Balaban J connectivity index is 1.55. The van der Waals surface area contributed by atoms with Gasteiger partial charge in [0, 0.05) is 28.8 Å². The van der Waals surface area contributed by atoms with E-state index in [4.69, 9.17) is 9.15 Å². The predicted molar refractivity (Wildman–Crippen MR) is 102 cm³/mol. The number of nitrogens with one attached hydrogen (secondary N) is 1. The lowest BCUT2D eigenvalue weighted by molar-refractivity contribution is -0.384. The van der Waals surface area contributed by atoms with Crippen molar-refractivity contribution >= 4 is 34.2 Å². The zero-order chi connectivity index (χ0) is 20.3. The summed E-state index contributed by atoms with van der Waals surface area (Å²) in [6.07, 6.45) is 1.51. The molecule has 1 heterocycles. The maximum absolute atomic E-state index is 12.1. The smallest absolute Gasteiger partial charge is 0.310 e. The second kappa shape index (κ2) is 7.91. The summed E-state index contributed by atoms with van der Waals surface area (Å²) >= 11 is 0. The first-order valence-electron chi connectivity index (χ1n) is 8.51. The Bertz CT molecular complexity index is 1050. The van der Waals surface area contributed by atoms with E-state index in [9.17, 15) is 19.7 Å². The molecular weight excluding hydrogens is 364 g/mol. The number of furan rings is 1. The molecule has 0 radical (unpaired) electrons. The summed E-state index contributed by atoms with van der Waals surface area (Å²) in [4.78, 5) is 34.0. The van der Waals surface area contributed by atoms with E-state index in [1.54, 1.807) is 0 Å². The topological polar surface area (TPSA) is 112 Å². The zero-order valence-corrected chi connectivity index (χ0v) is 15.4. The number of carbonyl (C=O) groups excluding carboxylic acids is 2. The van der Waals surface area contributed by atoms with Crippen molar-refractivity contribution in [3.63, 3.8) is 0 Å². The molecule has 1 N–H and O–H groups in total. The van der Waals surface area contributed by atoms with E-state index in [1.165, 1.54) is 30.5 Å². The fraction of sp³-hybridized carbons (Fsp3) is 0.200. The molecule has 0 bridgehead atoms. The Labute approximate surface area is 160 Å². The quantitative estimate of drug-likeness (QED) is 0.395. The number of rotatable bonds is 6. The highest BCUT2D eigenvalue weighted by molar-refractivity contribution is 5.93. The summed E-state index contributed by atoms with van der Waals surface area (Å²) < 4.78 is 10.6. The number of non-ortho nitro benzene ring substituents is 1. The first kappa shape index (κ1) is 19.1. The summed E-state index contributed by atoms with van der Waals surface area (Å²) in [5, 5.41) is 14.0. The van der Waals surface area contributed by atoms with E-state index in [0.717, 1.165) is 22.1 Å². The summed E-state index contributed by atoms with van der Waals surface area (Å²) in [5.41, 5.74) is 3.83. The number of benzene rings is 2. The van der Waals surface area contributed by atoms with Crippen LogP contribution in [0.5, 0.6) is 0 Å². The minimum atomic E-state index is -0.556. The normalized spacial score (nSPS) is 10.6. The second-order valence-corrected chi connectivity index (χ2v) is 6.33. The van der Waals surface area contributed by atoms with E-state index >= 15 is 0 Å². The Morgan fingerprint density at radius 3 is 2.54 bits per heavy atom. The van der Waals surface area contributed by atoms with Gasteiger partial charge >= 0.3 is 5.97 Å². The summed E-state index contributed by atoms with van der Waals surface area (Å²) in [6.45, 7) is 3.48. The number of ether oxygens (including phenoxy) is 1. The van der Waals surface area contributed by atoms with E-state index < -0.39 is 23.4 Å². The van der Waals surface area contributed by atoms with Gasteiger partial charge in [-0.1, -0.05) is 12.1 Å². The lowest BCUT2D eigenvalue weighted by atomic mass is 10.0. The first-order chi connectivity index (χ1) is 13.3. The van der Waals surface area contributed by atoms with Gasteiger partial charge < -0.3 is 14.5 Å². The van der Waals surface area contributed by atoms with Gasteiger partial charge in [0.2, 0.25) is 0 Å². The number of aryl methyl sites for hydroxylation is 2. The van der Waals surface area contributed by atoms with Gasteiger partial charge in [0.15, 0.2) is 6.61 Å². The van der Waals surface area contributed by atoms with Gasteiger partial charge in [-0.15, -0.1) is 0 Å². The van der Waals surface area contributed by atoms with Gasteiger partial charge in [0.1, 0.15) is 5.58 Å². The maximum atomic E-state index is 12.1. The van der Waals surface area contributed by atoms with Crippen LogP contribution in [-0.4, -0.2) is 23.4 Å². The molecule has 8 nitrogen and oxygen atoms in total. The molecule has 0 aliphatic carbocycles. The Hall–Kier alpha value is -3.68. The SMILES string of the molecule is Cc1ccc2c(CC(=O)OCC(=O)Nc3ccc([N+](=O)[O-])cc3)coc2c1C. The van der Waals surface area contributed by atoms with Crippen molar-refractivity contribution in [2.24, 2.45) is 0 Å². The predicted octanol–water partition coefficient (Wildman–Crippen LogP) is 3.68. The largest absolute Gasteiger partial charge is 0.464 e. The highest BCUT2D eigenvalue weighted by atomic mass is 16.6. The van der Waals surface area contributed by atoms with Crippen LogP contribution < -0.4 is 5.32 Å². The number of anilines is 1. The first-order valence-corrected chi connectivity index (χ1v) is 8.51. The van der Waals surface area contributed by atoms with Gasteiger partial charge in [-0.25, -0.2) is 0 Å². The molecule has 144 valence electrons. The number of carbonyl (C=O) groups is 2. The van der Waals surface area contributed by atoms with Crippen molar-refractivity contribution in [2.75, 3.05) is 11.9 Å². The van der Waals surface area contributed by atoms with Crippen LogP contribution in [0, 0.1) is 24.0 Å². The minimum absolute atomic E-state index is 0.0136. The van der Waals surface area contributed by atoms with Crippen LogP contribution >= 0.6 is 0 Å². The summed E-state index contributed by atoms with van der Waals surface area (Å²) in [7, 11) is 0. The molecular formula is C20H18N2O6. The number of nitro benzene ring substituents is 1. The Morgan fingerprint density at radius 1 is 1.14 bits per heavy atom. The molecule has 1 aromatic heterocycles. The maximum Gasteiger partial charge on any atom is 0.310 e. The molecule has 0 saturated carbocycles. The molecule has 8 heteroatoms. The Kier molecular flexibility index (Phi) is 5.39. The molecule has 0 aliphatic rings. The monoisotopic (exact) mass is 382 g/mol. The molecule has 28 heavy (non-hydrogen) atoms. The van der Waals surface area contributed by atoms with Crippen molar-refractivity contribution in [3.8, 4) is 0 Å². The molecule has 0 aliphatic heterocycles. The van der Waals surface area contributed by atoms with Crippen molar-refractivity contribution < 1.29 is 23.7 Å². The average Bonchev–Trinajstić information content (AvgIpc) is 3.07. The van der Waals surface area contributed by atoms with Gasteiger partial charge in [-0.05, 0) is 37.1 Å². The molecule has 0 spiro atoms. The van der Waals surface area contributed by atoms with Crippen molar-refractivity contribution in [3.05, 3.63) is 69.5 Å². The molecule has 0 atom stereocenters. The molecule has 0 saturated heterocycles. The highest BCUT2D eigenvalue weighted by Crippen LogP contribution is 2.26. The van der Waals surface area contributed by atoms with E-state index in [2.05, 4.69) is 5.32 Å². The van der Waals surface area contributed by atoms with Crippen LogP contribution in [0.15, 0.2) is 47.1 Å². The van der Waals surface area contributed by atoms with Crippen LogP contribution in [0.4, 0.5) is 11.4 Å². The number of fused-ring (bicyclic) bond motifs is 1. The molecule has 1 amide bonds. The lowest BCUT2D eigenvalue weighted by Gasteiger charge is -2.06. The van der Waals surface area contributed by atoms with Gasteiger partial charge in [0.25, 0.3) is 11.6 Å². The lowest BCUT2D eigenvalue weighted by Crippen LogP contribution is -2.21. The third-order valence-electron chi connectivity index (χ3n) is 4.40. The van der Waals surface area contributed by atoms with E-state index in [1.807, 2.05) is 26.0 Å². The zero-order valence-electron chi connectivity index (χ0n) is 15.4. The number of hydrogen-bond acceptors (Lipinski definition) is 6. The van der Waals surface area contributed by atoms with E-state index in [0.29, 0.717) is 11.3 Å². The Morgan fingerprint density at radius 2 is 1.86 bits per heavy atom. The molecule has 0 unspecified atom stereocenters. The highest BCUT2D eigenvalue weighted by Gasteiger charge is 2.15. The van der Waals surface area contributed by atoms with Crippen LogP contribution in [-0.2, 0) is 20.7 Å². The molecule has 3 aromatic rings. The summed E-state index contributed by atoms with van der Waals surface area (Å²) in [5.74, 6) is -1.09. The second-order valence-electron chi connectivity index (χ2n) is 6.33. The molecule has 0 fully saturated rings. The van der Waals surface area contributed by atoms with Crippen LogP contribution in [0.25, 0.3) is 11.0 Å². The van der Waals surface area contributed by atoms with Gasteiger partial charge in [-0.2, -0.15) is 0 Å². The fourth-order valence-corrected chi connectivity index (χ4v) is 2.74. The number of nitrogens with zero attached hydrogens (tertiary/aromatic N) is 1. The van der Waals surface area contributed by atoms with Gasteiger partial charge in [-0.3, -0.25) is 19.7 Å². The molecule has 2 aromatic carbocycles. The number of amides is 1. The standard InChI is InChI=1S/C20H18N2O6/c1-12-3-8-17-14(10-28-20(17)13(12)2)9-19(24)27-11-18(23)21-15-4-6-16(7-5-15)22(25)26/h3-8,10H,9,11H2,1-2H3,(H,21,23). The van der Waals surface area contributed by atoms with Crippen LogP contribution in [0.2, 0.25) is 0 Å². The van der Waals surface area contributed by atoms with Crippen molar-refractivity contribution in [1.82, 2.24) is 0 Å². The average molecular weight is 382 g/mol. The number of hydrogen-bond donors (Lipinski definition) is 1. The van der Waals surface area contributed by atoms with Crippen LogP contribution in [0.3, 0.4) is 0 Å². The van der Waals surface area contributed by atoms with Gasteiger partial charge in [0.05, 0.1) is 17.6 Å². The number of esters is 1. The van der Waals surface area contributed by atoms with Crippen molar-refractivity contribution in [1.29, 1.82) is 0 Å². The minimum Gasteiger partial charge on any atom is -0.464 e. The van der Waals surface area contributed by atoms with Crippen LogP contribution in [0.1, 0.15) is 16.7 Å². The van der Waals surface area contributed by atoms with Crippen molar-refractivity contribution in [2.45, 2.75) is 20.3 Å². The summed E-state index contributed by atoms with van der Waals surface area (Å²) in [6, 6.07) is 9.20.